The van der Waals surface area contributed by atoms with Crippen molar-refractivity contribution in [1.82, 2.24) is 85.1 Å². The quantitative estimate of drug-likeness (QED) is 0.00821. The number of nitrogens with zero attached hydrogens (tertiary/aromatic N) is 1. The fraction of sp³-hybridized carbons (Fsp3) is 0.527. The average molecular weight is 1710 g/mol. The predicted molar refractivity (Wildman–Crippen MR) is 444 cm³/mol. The van der Waals surface area contributed by atoms with Crippen molar-refractivity contribution in [3.8, 4) is 0 Å². The third-order valence-corrected chi connectivity index (χ3v) is 19.2. The van der Waals surface area contributed by atoms with Gasteiger partial charge in [-0.15, -0.1) is 0 Å². The molecule has 43 nitrogen and oxygen atoms in total. The van der Waals surface area contributed by atoms with E-state index in [9.17, 15) is 86.9 Å². The summed E-state index contributed by atoms with van der Waals surface area (Å²) >= 11 is 8.39. The highest BCUT2D eigenvalue weighted by molar-refractivity contribution is 7.80. The SMILES string of the molecule is CC[C@H](C)[C@H](NC(=O)[C@H](CCCNC(=N)N)NC(=O)[C@H](CC(=O)O)NC(=O)[C@@H](NC(=O)[C@H](CCCNC(=N)N)NC(=O)CNC(=O)CNC(=O)[C@H](Cc1ccccc1)NC(=O)CNC(=O)[C@H](CS)NC(=O)[C@H](CO)NC(=O)[C@@H](N)CO)[C@@H](C)CC)C(=O)N[C@@H](CS)C(=O)N[C@@H](C)C(=O)N(c1ccc2ccccc2c1)[C@H](C=O)CCCNC(=N)N. The maximum atomic E-state index is 14.6. The van der Waals surface area contributed by atoms with E-state index >= 15 is 0 Å². The summed E-state index contributed by atoms with van der Waals surface area (Å²) in [5, 5.41) is 92.5. The summed E-state index contributed by atoms with van der Waals surface area (Å²) in [7, 11) is 0. The lowest BCUT2D eigenvalue weighted by Gasteiger charge is -2.32. The van der Waals surface area contributed by atoms with Crippen molar-refractivity contribution in [3.63, 3.8) is 0 Å². The second-order valence-corrected chi connectivity index (χ2v) is 28.5. The molecule has 0 aromatic heterocycles. The summed E-state index contributed by atoms with van der Waals surface area (Å²) in [5.74, 6) is -18.6. The molecule has 0 heterocycles. The lowest BCUT2D eigenvalue weighted by Crippen LogP contribution is -2.62. The Morgan fingerprint density at radius 1 is 0.454 bits per heavy atom. The lowest BCUT2D eigenvalue weighted by atomic mass is 9.96. The molecule has 119 heavy (non-hydrogen) atoms. The number of aliphatic hydroxyl groups is 2. The van der Waals surface area contributed by atoms with Gasteiger partial charge in [0.2, 0.25) is 82.7 Å². The first kappa shape index (κ1) is 101. The van der Waals surface area contributed by atoms with Crippen molar-refractivity contribution < 1.29 is 92.0 Å². The zero-order chi connectivity index (χ0) is 89.0. The van der Waals surface area contributed by atoms with E-state index in [1.165, 1.54) is 18.7 Å². The van der Waals surface area contributed by atoms with E-state index in [2.05, 4.69) is 110 Å². The Balaban J connectivity index is 1.82. The molecule has 45 heteroatoms. The molecule has 0 saturated heterocycles. The molecule has 0 aliphatic heterocycles. The molecule has 0 spiro atoms. The fourth-order valence-electron chi connectivity index (χ4n) is 11.5. The molecule has 656 valence electrons. The maximum Gasteiger partial charge on any atom is 0.305 e. The largest absolute Gasteiger partial charge is 0.481 e. The Hall–Kier alpha value is -12.0. The molecule has 30 N–H and O–H groups in total. The zero-order valence-corrected chi connectivity index (χ0v) is 68.5. The molecule has 14 atom stereocenters. The number of hydrogen-bond acceptors (Lipinski definition) is 24. The summed E-state index contributed by atoms with van der Waals surface area (Å²) in [6.45, 7) is 3.93. The number of carboxylic acid groups (broad SMARTS) is 1. The Kier molecular flexibility index (Phi) is 45.4. The molecule has 3 aromatic rings. The number of hydrogen-bond donors (Lipinski definition) is 28. The number of carboxylic acids is 1. The van der Waals surface area contributed by atoms with Crippen LogP contribution >= 0.6 is 25.3 Å². The van der Waals surface area contributed by atoms with Crippen molar-refractivity contribution in [2.24, 2.45) is 34.8 Å². The number of anilines is 1. The van der Waals surface area contributed by atoms with Gasteiger partial charge in [0, 0.05) is 43.2 Å². The summed E-state index contributed by atoms with van der Waals surface area (Å²) in [4.78, 5) is 219. The Bertz CT molecular complexity index is 4000. The van der Waals surface area contributed by atoms with Gasteiger partial charge in [-0.3, -0.25) is 88.1 Å². The van der Waals surface area contributed by atoms with Crippen molar-refractivity contribution in [2.45, 2.75) is 171 Å². The topological polar surface area (TPSA) is 705 Å². The number of guanidine groups is 3. The van der Waals surface area contributed by atoms with Gasteiger partial charge in [-0.05, 0) is 85.8 Å². The van der Waals surface area contributed by atoms with Crippen molar-refractivity contribution in [2.75, 3.05) is 68.9 Å². The minimum absolute atomic E-state index is 0.00417. The van der Waals surface area contributed by atoms with Gasteiger partial charge in [0.05, 0.1) is 45.3 Å². The zero-order valence-electron chi connectivity index (χ0n) is 66.8. The van der Waals surface area contributed by atoms with E-state index in [0.29, 0.717) is 24.0 Å². The molecule has 0 unspecified atom stereocenters. The second kappa shape index (κ2) is 53.4. The van der Waals surface area contributed by atoms with Crippen LogP contribution in [0.1, 0.15) is 98.0 Å². The van der Waals surface area contributed by atoms with Gasteiger partial charge >= 0.3 is 5.97 Å². The number of nitrogens with one attached hydrogen (secondary N) is 19. The molecule has 0 aliphatic carbocycles. The molecule has 0 saturated carbocycles. The molecular weight excluding hydrogens is 1590 g/mol. The number of fused-ring (bicyclic) bond motifs is 1. The number of nitrogens with two attached hydrogens (primary N) is 4. The first-order valence-electron chi connectivity index (χ1n) is 38.3. The van der Waals surface area contributed by atoms with Gasteiger partial charge in [-0.25, -0.2) is 0 Å². The molecular formula is C74H114N24O19S2. The Labute approximate surface area is 698 Å². The maximum absolute atomic E-state index is 14.6. The number of carbonyl (C=O) groups excluding carboxylic acids is 15. The Morgan fingerprint density at radius 3 is 1.37 bits per heavy atom. The summed E-state index contributed by atoms with van der Waals surface area (Å²) in [6, 6.07) is 2.81. The molecule has 0 fully saturated rings. The first-order valence-corrected chi connectivity index (χ1v) is 39.5. The summed E-state index contributed by atoms with van der Waals surface area (Å²) in [6.07, 6.45) is -0.287. The number of amides is 14. The minimum atomic E-state index is -1.99. The highest BCUT2D eigenvalue weighted by Gasteiger charge is 2.39. The molecule has 14 amide bonds. The van der Waals surface area contributed by atoms with Crippen LogP contribution in [-0.2, 0) is 83.1 Å². The van der Waals surface area contributed by atoms with Crippen molar-refractivity contribution in [3.05, 3.63) is 78.4 Å². The van der Waals surface area contributed by atoms with E-state index in [4.69, 9.17) is 44.3 Å². The van der Waals surface area contributed by atoms with Gasteiger partial charge in [-0.1, -0.05) is 101 Å². The van der Waals surface area contributed by atoms with E-state index < -0.39 is 224 Å². The highest BCUT2D eigenvalue weighted by atomic mass is 32.1. The minimum Gasteiger partial charge on any atom is -0.481 e. The molecule has 0 radical (unpaired) electrons. The average Bonchev–Trinajstić information content (AvgIpc) is 0.798. The van der Waals surface area contributed by atoms with Crippen LogP contribution in [-0.4, -0.2) is 265 Å². The van der Waals surface area contributed by atoms with Gasteiger partial charge in [0.15, 0.2) is 17.9 Å². The normalized spacial score (nSPS) is 14.4. The van der Waals surface area contributed by atoms with Gasteiger partial charge in [0.25, 0.3) is 0 Å². The smallest absolute Gasteiger partial charge is 0.305 e. The standard InChI is InChI=1S/C74H114N24O19S2/c1-6-39(3)59(96-64(110)48(21-14-26-83-73(78)79)89-56(103)32-85-55(102)31-86-62(108)50(28-42-16-9-8-10-17-42)90-57(104)33-87-63(109)53(37-118)94-67(113)52(36-101)93-61(107)47(75)35-100)69(115)92-51(30-58(105)106)66(112)91-49(22-15-27-84-74(80)81)65(111)97-60(40(4)7-2)70(116)95-54(38-119)68(114)88-41(5)71(117)98(46(34-99)20-13-25-82-72(76)77)45-24-23-43-18-11-12-19-44(43)29-45/h8-12,16-19,23-24,29,34,39-41,46-54,59-60,100-101,118-119H,6-7,13-15,20-22,25-28,30-33,35-38,75H2,1-5H3,(H,85,102)(H,86,108)(H,87,109)(H,88,114)(H,89,103)(H,90,104)(H,91,112)(H,92,115)(H,93,107)(H,94,113)(H,95,116)(H,96,110)(H,97,111)(H,105,106)(H4,76,77,82)(H4,78,79,83)(H4,80,81,84)/t39-,40-,41-,46-,47-,48-,49-,50-,51-,52-,53-,54-,59-,60-/m0/s1. The number of aliphatic carboxylic acids is 1. The summed E-state index contributed by atoms with van der Waals surface area (Å²) < 4.78 is 0. The van der Waals surface area contributed by atoms with Crippen LogP contribution in [0.15, 0.2) is 72.8 Å². The fourth-order valence-corrected chi connectivity index (χ4v) is 12.0. The monoisotopic (exact) mass is 1710 g/mol. The lowest BCUT2D eigenvalue weighted by molar-refractivity contribution is -0.142. The van der Waals surface area contributed by atoms with Crippen LogP contribution in [0.5, 0.6) is 0 Å². The molecule has 0 aliphatic rings. The number of carbonyl (C=O) groups is 16. The van der Waals surface area contributed by atoms with Crippen LogP contribution in [0.2, 0.25) is 0 Å². The van der Waals surface area contributed by atoms with Crippen LogP contribution in [0, 0.1) is 28.1 Å². The third-order valence-electron chi connectivity index (χ3n) is 18.5. The number of aldehydes is 1. The Morgan fingerprint density at radius 2 is 0.874 bits per heavy atom. The highest BCUT2D eigenvalue weighted by Crippen LogP contribution is 2.26. The number of benzene rings is 3. The van der Waals surface area contributed by atoms with Crippen LogP contribution < -0.4 is 113 Å². The molecule has 3 rings (SSSR count). The predicted octanol–water partition coefficient (Wildman–Crippen LogP) is -7.27. The van der Waals surface area contributed by atoms with E-state index in [0.717, 1.165) is 10.8 Å². The molecule has 0 bridgehead atoms. The first-order chi connectivity index (χ1) is 56.4. The van der Waals surface area contributed by atoms with Crippen LogP contribution in [0.4, 0.5) is 5.69 Å². The van der Waals surface area contributed by atoms with E-state index in [1.807, 2.05) is 18.2 Å². The van der Waals surface area contributed by atoms with Gasteiger partial charge in [0.1, 0.15) is 72.7 Å². The van der Waals surface area contributed by atoms with E-state index in [1.54, 1.807) is 75.4 Å². The van der Waals surface area contributed by atoms with Crippen molar-refractivity contribution in [1.29, 1.82) is 16.2 Å². The summed E-state index contributed by atoms with van der Waals surface area (Å²) in [5.41, 5.74) is 22.8. The van der Waals surface area contributed by atoms with Crippen LogP contribution in [0.3, 0.4) is 0 Å². The number of aliphatic hydroxyl groups excluding tert-OH is 2. The number of rotatable bonds is 54. The van der Waals surface area contributed by atoms with E-state index in [-0.39, 0.29) is 88.5 Å². The molecule has 3 aromatic carbocycles. The van der Waals surface area contributed by atoms with Crippen molar-refractivity contribution >= 4 is 155 Å². The van der Waals surface area contributed by atoms with Gasteiger partial charge in [-0.2, -0.15) is 25.3 Å². The van der Waals surface area contributed by atoms with Crippen LogP contribution in [0.25, 0.3) is 10.8 Å². The number of thiol groups is 2. The second-order valence-electron chi connectivity index (χ2n) is 27.7. The van der Waals surface area contributed by atoms with Gasteiger partial charge < -0.3 is 133 Å². The third kappa shape index (κ3) is 36.2.